The fourth-order valence-electron chi connectivity index (χ4n) is 2.33. The van der Waals surface area contributed by atoms with Crippen molar-refractivity contribution >= 4 is 29.6 Å². The Bertz CT molecular complexity index is 881. The molecule has 0 bridgehead atoms. The minimum atomic E-state index is -1.26. The maximum Gasteiger partial charge on any atom is 0.413 e. The second-order valence-corrected chi connectivity index (χ2v) is 5.77. The highest BCUT2D eigenvalue weighted by Gasteiger charge is 2.25. The zero-order chi connectivity index (χ0) is 20.7. The minimum Gasteiger partial charge on any atom is -0.453 e. The fraction of sp³-hybridized carbons (Fsp3) is 0.200. The van der Waals surface area contributed by atoms with E-state index in [1.54, 1.807) is 43.4 Å². The van der Waals surface area contributed by atoms with Crippen LogP contribution in [0.25, 0.3) is 0 Å². The van der Waals surface area contributed by atoms with E-state index in [0.717, 1.165) is 7.11 Å². The molecule has 0 heterocycles. The van der Waals surface area contributed by atoms with Gasteiger partial charge in [0.25, 0.3) is 11.8 Å². The highest BCUT2D eigenvalue weighted by atomic mass is 16.6. The number of ether oxygens (including phenoxy) is 2. The average molecular weight is 384 g/mol. The lowest BCUT2D eigenvalue weighted by Crippen LogP contribution is -2.39. The Balaban J connectivity index is 2.19. The van der Waals surface area contributed by atoms with E-state index in [1.165, 1.54) is 24.0 Å². The Kier molecular flexibility index (Phi) is 6.86. The van der Waals surface area contributed by atoms with Gasteiger partial charge in [-0.3, -0.25) is 14.9 Å². The van der Waals surface area contributed by atoms with Gasteiger partial charge in [-0.1, -0.05) is 30.3 Å². The van der Waals surface area contributed by atoms with Crippen LogP contribution in [-0.2, 0) is 14.3 Å². The number of methoxy groups -OCH3 is 1. The van der Waals surface area contributed by atoms with Crippen molar-refractivity contribution in [3.63, 3.8) is 0 Å². The fourth-order valence-corrected chi connectivity index (χ4v) is 2.33. The largest absolute Gasteiger partial charge is 0.453 e. The van der Waals surface area contributed by atoms with E-state index in [2.05, 4.69) is 4.74 Å². The number of anilines is 1. The van der Waals surface area contributed by atoms with Crippen LogP contribution in [0.4, 0.5) is 10.5 Å². The zero-order valence-electron chi connectivity index (χ0n) is 15.7. The van der Waals surface area contributed by atoms with Gasteiger partial charge in [-0.15, -0.1) is 0 Å². The second kappa shape index (κ2) is 9.31. The zero-order valence-corrected chi connectivity index (χ0v) is 15.7. The number of nitrogens with zero attached hydrogens (tertiary/aromatic N) is 1. The van der Waals surface area contributed by atoms with Crippen LogP contribution in [-0.4, -0.2) is 44.1 Å². The molecule has 0 unspecified atom stereocenters. The summed E-state index contributed by atoms with van der Waals surface area (Å²) in [5.41, 5.74) is 0.786. The van der Waals surface area contributed by atoms with Crippen LogP contribution in [0, 0.1) is 0 Å². The Morgan fingerprint density at radius 3 is 2.11 bits per heavy atom. The molecule has 2 rings (SSSR count). The van der Waals surface area contributed by atoms with Gasteiger partial charge in [0.15, 0.2) is 6.10 Å². The highest BCUT2D eigenvalue weighted by Crippen LogP contribution is 2.18. The van der Waals surface area contributed by atoms with Crippen molar-refractivity contribution in [2.75, 3.05) is 19.1 Å². The summed E-state index contributed by atoms with van der Waals surface area (Å²) in [7, 11) is 2.69. The van der Waals surface area contributed by atoms with Crippen LogP contribution in [0.2, 0.25) is 0 Å². The molecule has 146 valence electrons. The average Bonchev–Trinajstić information content (AvgIpc) is 2.72. The molecule has 8 heteroatoms. The first-order valence-corrected chi connectivity index (χ1v) is 8.37. The van der Waals surface area contributed by atoms with Crippen molar-refractivity contribution in [2.45, 2.75) is 13.0 Å². The lowest BCUT2D eigenvalue weighted by Gasteiger charge is -2.19. The smallest absolute Gasteiger partial charge is 0.413 e. The number of alkyl carbamates (subject to hydrolysis) is 1. The summed E-state index contributed by atoms with van der Waals surface area (Å²) in [6.07, 6.45) is -2.23. The molecule has 0 spiro atoms. The third kappa shape index (κ3) is 4.94. The second-order valence-electron chi connectivity index (χ2n) is 5.77. The summed E-state index contributed by atoms with van der Waals surface area (Å²) in [6, 6.07) is 15.1. The summed E-state index contributed by atoms with van der Waals surface area (Å²) < 4.78 is 9.41. The monoisotopic (exact) mass is 384 g/mol. The quantitative estimate of drug-likeness (QED) is 0.794. The Hall–Kier alpha value is -3.68. The van der Waals surface area contributed by atoms with E-state index in [1.807, 2.05) is 11.4 Å². The van der Waals surface area contributed by atoms with Gasteiger partial charge in [0.2, 0.25) is 0 Å². The lowest BCUT2D eigenvalue weighted by atomic mass is 10.1. The van der Waals surface area contributed by atoms with Gasteiger partial charge in [-0.25, -0.2) is 9.59 Å². The highest BCUT2D eigenvalue weighted by molar-refractivity contribution is 6.12. The predicted molar refractivity (Wildman–Crippen MR) is 101 cm³/mol. The number of nitrogens with one attached hydrogen (secondary N) is 1. The van der Waals surface area contributed by atoms with Gasteiger partial charge < -0.3 is 14.4 Å². The van der Waals surface area contributed by atoms with Gasteiger partial charge in [-0.05, 0) is 31.2 Å². The molecule has 2 aromatic carbocycles. The van der Waals surface area contributed by atoms with Crippen LogP contribution in [0.1, 0.15) is 27.6 Å². The first-order chi connectivity index (χ1) is 13.3. The summed E-state index contributed by atoms with van der Waals surface area (Å²) in [4.78, 5) is 49.7. The molecule has 1 atom stereocenters. The number of hydrogen-bond acceptors (Lipinski definition) is 6. The summed E-state index contributed by atoms with van der Waals surface area (Å²) >= 11 is 0. The predicted octanol–water partition coefficient (Wildman–Crippen LogP) is 2.39. The summed E-state index contributed by atoms with van der Waals surface area (Å²) in [5.74, 6) is -2.12. The number of carbonyl (C=O) groups excluding carboxylic acids is 4. The molecule has 0 aromatic heterocycles. The molecular formula is C20H20N2O6. The van der Waals surface area contributed by atoms with E-state index in [0.29, 0.717) is 5.69 Å². The van der Waals surface area contributed by atoms with Crippen molar-refractivity contribution < 1.29 is 28.7 Å². The normalized spacial score (nSPS) is 11.1. The van der Waals surface area contributed by atoms with Gasteiger partial charge in [0, 0.05) is 12.7 Å². The van der Waals surface area contributed by atoms with Gasteiger partial charge in [0.05, 0.1) is 18.2 Å². The number of rotatable bonds is 5. The SMILES string of the molecule is COC(=O)NC(=O)[C@@H](C)OC(=O)c1ccccc1C(=O)N(C)c1ccccc1. The van der Waals surface area contributed by atoms with Crippen LogP contribution in [0.3, 0.4) is 0 Å². The van der Waals surface area contributed by atoms with Crippen molar-refractivity contribution in [1.82, 2.24) is 5.32 Å². The molecule has 1 N–H and O–H groups in total. The standard InChI is InChI=1S/C20H20N2O6/c1-13(17(23)21-20(26)27-3)28-19(25)16-12-8-7-11-15(16)18(24)22(2)14-9-5-4-6-10-14/h4-13H,1-3H3,(H,21,23,26)/t13-/m1/s1. The molecule has 3 amide bonds. The molecule has 0 saturated carbocycles. The topological polar surface area (TPSA) is 102 Å². The van der Waals surface area contributed by atoms with Crippen molar-refractivity contribution in [1.29, 1.82) is 0 Å². The number of hydrogen-bond donors (Lipinski definition) is 1. The first-order valence-electron chi connectivity index (χ1n) is 8.37. The van der Waals surface area contributed by atoms with E-state index < -0.39 is 30.0 Å². The van der Waals surface area contributed by atoms with Gasteiger partial charge in [-0.2, -0.15) is 0 Å². The van der Waals surface area contributed by atoms with E-state index in [9.17, 15) is 19.2 Å². The summed E-state index contributed by atoms with van der Waals surface area (Å²) in [5, 5.41) is 1.91. The first kappa shape index (κ1) is 20.6. The number of benzene rings is 2. The summed E-state index contributed by atoms with van der Waals surface area (Å²) in [6.45, 7) is 1.30. The number of imide groups is 1. The Labute approximate surface area is 162 Å². The molecular weight excluding hydrogens is 364 g/mol. The third-order valence-corrected chi connectivity index (χ3v) is 3.89. The van der Waals surface area contributed by atoms with Crippen LogP contribution in [0.5, 0.6) is 0 Å². The molecule has 0 aliphatic heterocycles. The Morgan fingerprint density at radius 1 is 0.929 bits per heavy atom. The number of carbonyl (C=O) groups is 4. The molecule has 0 aliphatic carbocycles. The van der Waals surface area contributed by atoms with Gasteiger partial charge in [0.1, 0.15) is 0 Å². The molecule has 0 radical (unpaired) electrons. The number of esters is 1. The molecule has 2 aromatic rings. The molecule has 0 fully saturated rings. The molecule has 0 saturated heterocycles. The maximum absolute atomic E-state index is 12.9. The van der Waals surface area contributed by atoms with Crippen LogP contribution >= 0.6 is 0 Å². The van der Waals surface area contributed by atoms with Crippen LogP contribution in [0.15, 0.2) is 54.6 Å². The number of para-hydroxylation sites is 1. The molecule has 8 nitrogen and oxygen atoms in total. The van der Waals surface area contributed by atoms with Crippen molar-refractivity contribution in [3.8, 4) is 0 Å². The van der Waals surface area contributed by atoms with Crippen molar-refractivity contribution in [3.05, 3.63) is 65.7 Å². The lowest BCUT2D eigenvalue weighted by molar-refractivity contribution is -0.128. The van der Waals surface area contributed by atoms with Gasteiger partial charge >= 0.3 is 12.1 Å². The molecule has 28 heavy (non-hydrogen) atoms. The third-order valence-electron chi connectivity index (χ3n) is 3.89. The van der Waals surface area contributed by atoms with Crippen LogP contribution < -0.4 is 10.2 Å². The van der Waals surface area contributed by atoms with E-state index in [4.69, 9.17) is 4.74 Å². The van der Waals surface area contributed by atoms with Crippen molar-refractivity contribution in [2.24, 2.45) is 0 Å². The minimum absolute atomic E-state index is 0.00741. The maximum atomic E-state index is 12.9. The number of amides is 3. The Morgan fingerprint density at radius 2 is 1.50 bits per heavy atom. The molecule has 0 aliphatic rings. The van der Waals surface area contributed by atoms with E-state index in [-0.39, 0.29) is 11.1 Å². The van der Waals surface area contributed by atoms with E-state index >= 15 is 0 Å².